The number of thioether (sulfide) groups is 1. The van der Waals surface area contributed by atoms with Gasteiger partial charge in [-0.15, -0.1) is 11.8 Å². The number of urea groups is 1. The van der Waals surface area contributed by atoms with Crippen molar-refractivity contribution in [3.63, 3.8) is 0 Å². The molecule has 2 aromatic carbocycles. The average Bonchev–Trinajstić information content (AvgIpc) is 3.18. The summed E-state index contributed by atoms with van der Waals surface area (Å²) in [6.07, 6.45) is 2.98. The molecule has 0 saturated carbocycles. The van der Waals surface area contributed by atoms with Gasteiger partial charge in [0.15, 0.2) is 0 Å². The van der Waals surface area contributed by atoms with Gasteiger partial charge in [0.1, 0.15) is 0 Å². The van der Waals surface area contributed by atoms with E-state index in [1.165, 1.54) is 5.56 Å². The molecule has 0 bridgehead atoms. The minimum absolute atomic E-state index is 0.0518. The Morgan fingerprint density at radius 2 is 1.70 bits per heavy atom. The Bertz CT molecular complexity index is 894. The second-order valence-electron chi connectivity index (χ2n) is 8.06. The van der Waals surface area contributed by atoms with Gasteiger partial charge in [0, 0.05) is 37.5 Å². The van der Waals surface area contributed by atoms with E-state index in [4.69, 9.17) is 0 Å². The van der Waals surface area contributed by atoms with Crippen molar-refractivity contribution in [3.8, 4) is 0 Å². The molecule has 0 atom stereocenters. The Kier molecular flexibility index (Phi) is 6.32. The molecule has 0 aromatic heterocycles. The first-order chi connectivity index (χ1) is 14.6. The van der Waals surface area contributed by atoms with E-state index in [1.807, 2.05) is 66.1 Å². The maximum absolute atomic E-state index is 13.0. The maximum atomic E-state index is 13.0. The zero-order valence-electron chi connectivity index (χ0n) is 17.5. The molecular formula is C24H29N3O2S. The second-order valence-corrected chi connectivity index (χ2v) is 9.51. The average molecular weight is 424 g/mol. The number of amides is 3. The Morgan fingerprint density at radius 3 is 2.43 bits per heavy atom. The summed E-state index contributed by atoms with van der Waals surface area (Å²) in [6.45, 7) is 4.16. The molecule has 2 aliphatic rings. The van der Waals surface area contributed by atoms with E-state index in [-0.39, 0.29) is 16.8 Å². The minimum atomic E-state index is -0.146. The molecule has 1 N–H and O–H groups in total. The summed E-state index contributed by atoms with van der Waals surface area (Å²) in [4.78, 5) is 29.6. The molecule has 2 saturated heterocycles. The van der Waals surface area contributed by atoms with E-state index in [1.54, 1.807) is 0 Å². The lowest BCUT2D eigenvalue weighted by molar-refractivity contribution is -0.134. The summed E-state index contributed by atoms with van der Waals surface area (Å²) < 4.78 is 0. The number of para-hydroxylation sites is 1. The Balaban J connectivity index is 1.33. The highest BCUT2D eigenvalue weighted by Crippen LogP contribution is 2.44. The van der Waals surface area contributed by atoms with Crippen molar-refractivity contribution in [2.75, 3.05) is 30.7 Å². The van der Waals surface area contributed by atoms with E-state index in [2.05, 4.69) is 22.3 Å². The van der Waals surface area contributed by atoms with Crippen molar-refractivity contribution >= 4 is 29.4 Å². The van der Waals surface area contributed by atoms with Gasteiger partial charge in [-0.25, -0.2) is 4.79 Å². The highest BCUT2D eigenvalue weighted by atomic mass is 32.2. The Morgan fingerprint density at radius 1 is 1.00 bits per heavy atom. The third-order valence-electron chi connectivity index (χ3n) is 6.17. The molecule has 2 aliphatic heterocycles. The van der Waals surface area contributed by atoms with Gasteiger partial charge in [-0.2, -0.15) is 0 Å². The molecular weight excluding hydrogens is 394 g/mol. The number of hydrogen-bond donors (Lipinski definition) is 1. The lowest BCUT2D eigenvalue weighted by atomic mass is 10.0. The molecule has 5 nitrogen and oxygen atoms in total. The first-order valence-electron chi connectivity index (χ1n) is 10.7. The van der Waals surface area contributed by atoms with Crippen molar-refractivity contribution in [2.24, 2.45) is 0 Å². The van der Waals surface area contributed by atoms with Crippen LogP contribution in [0.25, 0.3) is 0 Å². The van der Waals surface area contributed by atoms with Gasteiger partial charge in [0.25, 0.3) is 0 Å². The van der Waals surface area contributed by atoms with Crippen LogP contribution in [0.2, 0.25) is 0 Å². The van der Waals surface area contributed by atoms with Gasteiger partial charge in [-0.05, 0) is 43.4 Å². The van der Waals surface area contributed by atoms with E-state index in [0.717, 1.165) is 42.8 Å². The second kappa shape index (κ2) is 9.13. The molecule has 1 spiro atoms. The zero-order chi connectivity index (χ0) is 21.0. The number of piperidine rings is 1. The largest absolute Gasteiger partial charge is 0.327 e. The van der Waals surface area contributed by atoms with Crippen LogP contribution >= 0.6 is 11.8 Å². The van der Waals surface area contributed by atoms with Crippen molar-refractivity contribution < 1.29 is 9.59 Å². The number of nitrogens with one attached hydrogen (secondary N) is 1. The van der Waals surface area contributed by atoms with Gasteiger partial charge in [0.05, 0.1) is 4.87 Å². The molecule has 6 heteroatoms. The number of aryl methyl sites for hydroxylation is 2. The third-order valence-corrected chi connectivity index (χ3v) is 7.72. The first kappa shape index (κ1) is 20.8. The monoisotopic (exact) mass is 423 g/mol. The quantitative estimate of drug-likeness (QED) is 0.786. The number of hydrogen-bond acceptors (Lipinski definition) is 3. The fourth-order valence-corrected chi connectivity index (χ4v) is 5.85. The fraction of sp³-hybridized carbons (Fsp3) is 0.417. The fourth-order valence-electron chi connectivity index (χ4n) is 4.37. The number of anilines is 1. The molecule has 0 aliphatic carbocycles. The summed E-state index contributed by atoms with van der Waals surface area (Å²) in [6, 6.07) is 18.0. The molecule has 2 fully saturated rings. The number of carbonyl (C=O) groups excluding carboxylic acids is 2. The Hall–Kier alpha value is -2.47. The van der Waals surface area contributed by atoms with Crippen molar-refractivity contribution in [2.45, 2.75) is 37.5 Å². The van der Waals surface area contributed by atoms with Gasteiger partial charge in [-0.3, -0.25) is 4.79 Å². The lowest BCUT2D eigenvalue weighted by Crippen LogP contribution is -2.54. The normalized spacial score (nSPS) is 17.9. The van der Waals surface area contributed by atoms with E-state index in [9.17, 15) is 9.59 Å². The highest BCUT2D eigenvalue weighted by Gasteiger charge is 2.46. The predicted molar refractivity (Wildman–Crippen MR) is 123 cm³/mol. The summed E-state index contributed by atoms with van der Waals surface area (Å²) in [5.41, 5.74) is 3.12. The number of carbonyl (C=O) groups is 2. The minimum Gasteiger partial charge on any atom is -0.327 e. The smallest absolute Gasteiger partial charge is 0.321 e. The van der Waals surface area contributed by atoms with Crippen molar-refractivity contribution in [1.82, 2.24) is 9.80 Å². The van der Waals surface area contributed by atoms with Crippen LogP contribution in [0.15, 0.2) is 54.6 Å². The van der Waals surface area contributed by atoms with Crippen LogP contribution < -0.4 is 5.32 Å². The van der Waals surface area contributed by atoms with Crippen LogP contribution in [0.4, 0.5) is 10.5 Å². The third kappa shape index (κ3) is 4.48. The SMILES string of the molecule is Cc1ccccc1NC(=O)N1CCC2(CC1)SCCN2C(=O)CCc1ccccc1. The van der Waals surface area contributed by atoms with E-state index in [0.29, 0.717) is 19.5 Å². The van der Waals surface area contributed by atoms with Crippen molar-refractivity contribution in [3.05, 3.63) is 65.7 Å². The van der Waals surface area contributed by atoms with E-state index >= 15 is 0 Å². The van der Waals surface area contributed by atoms with Crippen LogP contribution in [-0.2, 0) is 11.2 Å². The number of nitrogens with zero attached hydrogens (tertiary/aromatic N) is 2. The molecule has 2 heterocycles. The summed E-state index contributed by atoms with van der Waals surface area (Å²) in [5.74, 6) is 1.22. The van der Waals surface area contributed by atoms with Crippen LogP contribution in [0.3, 0.4) is 0 Å². The highest BCUT2D eigenvalue weighted by molar-refractivity contribution is 8.00. The molecule has 4 rings (SSSR count). The number of benzene rings is 2. The summed E-state index contributed by atoms with van der Waals surface area (Å²) in [7, 11) is 0. The van der Waals surface area contributed by atoms with Crippen LogP contribution in [0.1, 0.15) is 30.4 Å². The zero-order valence-corrected chi connectivity index (χ0v) is 18.3. The number of rotatable bonds is 4. The molecule has 30 heavy (non-hydrogen) atoms. The predicted octanol–water partition coefficient (Wildman–Crippen LogP) is 4.53. The van der Waals surface area contributed by atoms with Crippen LogP contribution in [-0.4, -0.2) is 52.0 Å². The summed E-state index contributed by atoms with van der Waals surface area (Å²) >= 11 is 1.89. The van der Waals surface area contributed by atoms with Crippen LogP contribution in [0.5, 0.6) is 0 Å². The maximum Gasteiger partial charge on any atom is 0.321 e. The molecule has 2 aromatic rings. The molecule has 0 unspecified atom stereocenters. The van der Waals surface area contributed by atoms with Gasteiger partial charge < -0.3 is 15.1 Å². The molecule has 0 radical (unpaired) electrons. The van der Waals surface area contributed by atoms with Crippen LogP contribution in [0, 0.1) is 6.92 Å². The van der Waals surface area contributed by atoms with Crippen molar-refractivity contribution in [1.29, 1.82) is 0 Å². The first-order valence-corrected chi connectivity index (χ1v) is 11.7. The standard InChI is InChI=1S/C24H29N3O2S/c1-19-7-5-6-10-21(19)25-23(29)26-15-13-24(14-16-26)27(17-18-30-24)22(28)12-11-20-8-3-2-4-9-20/h2-10H,11-18H2,1H3,(H,25,29). The molecule has 3 amide bonds. The lowest BCUT2D eigenvalue weighted by Gasteiger charge is -2.44. The number of likely N-dealkylation sites (tertiary alicyclic amines) is 1. The molecule has 158 valence electrons. The van der Waals surface area contributed by atoms with Gasteiger partial charge in [0.2, 0.25) is 5.91 Å². The Labute approximate surface area is 182 Å². The topological polar surface area (TPSA) is 52.7 Å². The summed E-state index contributed by atoms with van der Waals surface area (Å²) in [5, 5.41) is 3.03. The van der Waals surface area contributed by atoms with E-state index < -0.39 is 0 Å². The van der Waals surface area contributed by atoms with Gasteiger partial charge in [-0.1, -0.05) is 48.5 Å². The van der Waals surface area contributed by atoms with Gasteiger partial charge >= 0.3 is 6.03 Å².